The number of para-hydroxylation sites is 2. The average Bonchev–Trinajstić information content (AvgIpc) is 3.36. The van der Waals surface area contributed by atoms with E-state index in [-0.39, 0.29) is 11.7 Å². The number of benzene rings is 2. The first-order valence-electron chi connectivity index (χ1n) is 8.67. The molecule has 5 rings (SSSR count). The van der Waals surface area contributed by atoms with E-state index in [9.17, 15) is 4.79 Å². The van der Waals surface area contributed by atoms with Crippen LogP contribution in [0.15, 0.2) is 66.7 Å². The van der Waals surface area contributed by atoms with Gasteiger partial charge in [-0.25, -0.2) is 0 Å². The fourth-order valence-corrected chi connectivity index (χ4v) is 3.81. The summed E-state index contributed by atoms with van der Waals surface area (Å²) in [6, 6.07) is 20.4. The van der Waals surface area contributed by atoms with E-state index < -0.39 is 0 Å². The van der Waals surface area contributed by atoms with E-state index >= 15 is 0 Å². The van der Waals surface area contributed by atoms with Gasteiger partial charge in [0, 0.05) is 28.0 Å². The highest BCUT2D eigenvalue weighted by Gasteiger charge is 2.27. The molecule has 0 saturated carbocycles. The largest absolute Gasteiger partial charge is 0.355 e. The fraction of sp³-hybridized carbons (Fsp3) is 0.136. The van der Waals surface area contributed by atoms with Gasteiger partial charge in [0.25, 0.3) is 0 Å². The fourth-order valence-electron chi connectivity index (χ4n) is 3.81. The molecule has 122 valence electrons. The van der Waals surface area contributed by atoms with Crippen molar-refractivity contribution >= 4 is 33.2 Å². The molecule has 0 bridgehead atoms. The van der Waals surface area contributed by atoms with Gasteiger partial charge >= 0.3 is 0 Å². The average molecular weight is 326 g/mol. The summed E-state index contributed by atoms with van der Waals surface area (Å²) in [5, 5.41) is 2.30. The zero-order valence-corrected chi connectivity index (χ0v) is 13.8. The highest BCUT2D eigenvalue weighted by atomic mass is 16.1. The number of aromatic nitrogens is 2. The summed E-state index contributed by atoms with van der Waals surface area (Å²) in [6.45, 7) is 0. The summed E-state index contributed by atoms with van der Waals surface area (Å²) in [5.74, 6) is 0.230. The van der Waals surface area contributed by atoms with Crippen molar-refractivity contribution in [2.24, 2.45) is 5.92 Å². The molecule has 0 radical (unpaired) electrons. The number of H-pyrrole nitrogens is 2. The quantitative estimate of drug-likeness (QED) is 0.491. The van der Waals surface area contributed by atoms with Crippen LogP contribution in [-0.4, -0.2) is 15.8 Å². The van der Waals surface area contributed by atoms with Gasteiger partial charge in [-0.2, -0.15) is 0 Å². The summed E-state index contributed by atoms with van der Waals surface area (Å²) in [5.41, 5.74) is 5.26. The highest BCUT2D eigenvalue weighted by molar-refractivity contribution is 6.02. The van der Waals surface area contributed by atoms with Crippen LogP contribution >= 0.6 is 0 Å². The second-order valence-corrected chi connectivity index (χ2v) is 6.77. The van der Waals surface area contributed by atoms with Crippen molar-refractivity contribution in [3.8, 4) is 0 Å². The number of hydrogen-bond acceptors (Lipinski definition) is 1. The third kappa shape index (κ3) is 2.40. The minimum Gasteiger partial charge on any atom is -0.355 e. The number of allylic oxidation sites excluding steroid dienone is 2. The number of carbonyl (C=O) groups excluding carboxylic acids is 1. The zero-order chi connectivity index (χ0) is 16.8. The number of Topliss-reactive ketones (excluding diaryl/α,β-unsaturated/α-hetero) is 1. The first kappa shape index (κ1) is 14.3. The predicted octanol–water partition coefficient (Wildman–Crippen LogP) is 5.33. The molecule has 3 heteroatoms. The van der Waals surface area contributed by atoms with E-state index in [4.69, 9.17) is 0 Å². The van der Waals surface area contributed by atoms with Crippen molar-refractivity contribution in [1.29, 1.82) is 0 Å². The van der Waals surface area contributed by atoms with Crippen molar-refractivity contribution in [3.63, 3.8) is 0 Å². The molecule has 25 heavy (non-hydrogen) atoms. The van der Waals surface area contributed by atoms with Crippen LogP contribution in [0.1, 0.15) is 29.0 Å². The highest BCUT2D eigenvalue weighted by Crippen LogP contribution is 2.35. The Balaban J connectivity index is 1.39. The van der Waals surface area contributed by atoms with Crippen LogP contribution in [-0.2, 0) is 0 Å². The smallest absolute Gasteiger partial charge is 0.182 e. The van der Waals surface area contributed by atoms with Crippen LogP contribution in [0.2, 0.25) is 0 Å². The third-order valence-corrected chi connectivity index (χ3v) is 5.16. The monoisotopic (exact) mass is 326 g/mol. The number of rotatable bonds is 3. The van der Waals surface area contributed by atoms with E-state index in [1.807, 2.05) is 42.5 Å². The molecule has 1 aliphatic carbocycles. The van der Waals surface area contributed by atoms with E-state index in [1.165, 1.54) is 11.0 Å². The topological polar surface area (TPSA) is 48.6 Å². The van der Waals surface area contributed by atoms with E-state index in [0.717, 1.165) is 40.6 Å². The van der Waals surface area contributed by atoms with Crippen LogP contribution < -0.4 is 0 Å². The molecule has 1 atom stereocenters. The second-order valence-electron chi connectivity index (χ2n) is 6.77. The van der Waals surface area contributed by atoms with Gasteiger partial charge in [-0.05, 0) is 48.1 Å². The number of nitrogens with one attached hydrogen (secondary N) is 2. The molecule has 0 spiro atoms. The standard InChI is InChI=1S/C22H18N2O/c25-22(21-13-15-6-2-4-8-19(15)24-21)17-10-9-16(11-17)20-12-14-5-1-3-7-18(14)23-20/h1-9,12-13,17,23-24H,10-11H2. The molecule has 0 aliphatic heterocycles. The Morgan fingerprint density at radius 1 is 0.880 bits per heavy atom. The number of aromatic amines is 2. The lowest BCUT2D eigenvalue weighted by Gasteiger charge is -2.07. The molecular formula is C22H18N2O. The normalized spacial score (nSPS) is 17.3. The van der Waals surface area contributed by atoms with Crippen molar-refractivity contribution in [1.82, 2.24) is 9.97 Å². The third-order valence-electron chi connectivity index (χ3n) is 5.16. The van der Waals surface area contributed by atoms with E-state index in [2.05, 4.69) is 34.2 Å². The molecular weight excluding hydrogens is 308 g/mol. The Hall–Kier alpha value is -3.07. The number of ketones is 1. The Morgan fingerprint density at radius 3 is 2.28 bits per heavy atom. The Labute approximate surface area is 145 Å². The SMILES string of the molecule is O=C(c1cc2ccccc2[nH]1)C1CC=C(c2cc3ccccc3[nH]2)C1. The van der Waals surface area contributed by atoms with Crippen molar-refractivity contribution < 1.29 is 4.79 Å². The first-order chi connectivity index (χ1) is 12.3. The van der Waals surface area contributed by atoms with Crippen LogP contribution in [0.4, 0.5) is 0 Å². The van der Waals surface area contributed by atoms with Gasteiger partial charge in [-0.15, -0.1) is 0 Å². The Bertz CT molecular complexity index is 1060. The molecule has 2 aromatic heterocycles. The van der Waals surface area contributed by atoms with E-state index in [0.29, 0.717) is 0 Å². The molecule has 0 fully saturated rings. The summed E-state index contributed by atoms with van der Waals surface area (Å²) >= 11 is 0. The molecule has 1 unspecified atom stereocenters. The molecule has 0 amide bonds. The van der Waals surface area contributed by atoms with Gasteiger partial charge in [0.15, 0.2) is 5.78 Å². The maximum Gasteiger partial charge on any atom is 0.182 e. The van der Waals surface area contributed by atoms with Crippen LogP contribution in [0, 0.1) is 5.92 Å². The van der Waals surface area contributed by atoms with Gasteiger partial charge in [-0.1, -0.05) is 42.5 Å². The summed E-state index contributed by atoms with van der Waals surface area (Å²) in [4.78, 5) is 19.6. The molecule has 2 aromatic carbocycles. The number of fused-ring (bicyclic) bond motifs is 2. The number of hydrogen-bond donors (Lipinski definition) is 2. The molecule has 4 aromatic rings. The maximum atomic E-state index is 12.9. The van der Waals surface area contributed by atoms with E-state index in [1.54, 1.807) is 0 Å². The second kappa shape index (κ2) is 5.49. The predicted molar refractivity (Wildman–Crippen MR) is 102 cm³/mol. The lowest BCUT2D eigenvalue weighted by Crippen LogP contribution is -2.12. The molecule has 0 saturated heterocycles. The zero-order valence-electron chi connectivity index (χ0n) is 13.8. The Kier molecular flexibility index (Phi) is 3.14. The molecule has 1 aliphatic rings. The number of carbonyl (C=O) groups is 1. The minimum atomic E-state index is 0.0227. The summed E-state index contributed by atoms with van der Waals surface area (Å²) < 4.78 is 0. The summed E-state index contributed by atoms with van der Waals surface area (Å²) in [6.07, 6.45) is 3.80. The van der Waals surface area contributed by atoms with Crippen LogP contribution in [0.25, 0.3) is 27.4 Å². The van der Waals surface area contributed by atoms with Crippen molar-refractivity contribution in [2.75, 3.05) is 0 Å². The van der Waals surface area contributed by atoms with Crippen LogP contribution in [0.3, 0.4) is 0 Å². The minimum absolute atomic E-state index is 0.0227. The van der Waals surface area contributed by atoms with Gasteiger partial charge in [0.2, 0.25) is 0 Å². The van der Waals surface area contributed by atoms with Gasteiger partial charge < -0.3 is 9.97 Å². The molecule has 2 heterocycles. The molecule has 3 nitrogen and oxygen atoms in total. The van der Waals surface area contributed by atoms with Gasteiger partial charge in [0.05, 0.1) is 5.69 Å². The lowest BCUT2D eigenvalue weighted by molar-refractivity contribution is 0.0922. The van der Waals surface area contributed by atoms with Gasteiger partial charge in [-0.3, -0.25) is 4.79 Å². The molecule has 2 N–H and O–H groups in total. The van der Waals surface area contributed by atoms with Crippen molar-refractivity contribution in [2.45, 2.75) is 12.8 Å². The first-order valence-corrected chi connectivity index (χ1v) is 8.67. The van der Waals surface area contributed by atoms with Crippen molar-refractivity contribution in [3.05, 3.63) is 78.1 Å². The maximum absolute atomic E-state index is 12.9. The Morgan fingerprint density at radius 2 is 1.56 bits per heavy atom. The lowest BCUT2D eigenvalue weighted by atomic mass is 9.97. The van der Waals surface area contributed by atoms with Crippen LogP contribution in [0.5, 0.6) is 0 Å². The van der Waals surface area contributed by atoms with Gasteiger partial charge in [0.1, 0.15) is 0 Å². The summed E-state index contributed by atoms with van der Waals surface area (Å²) in [7, 11) is 0.